The molecule has 1 fully saturated rings. The Kier molecular flexibility index (Phi) is 3.09. The van der Waals surface area contributed by atoms with E-state index < -0.39 is 0 Å². The first-order valence-corrected chi connectivity index (χ1v) is 5.41. The van der Waals surface area contributed by atoms with E-state index in [2.05, 4.69) is 10.2 Å². The van der Waals surface area contributed by atoms with Crippen LogP contribution in [0.25, 0.3) is 0 Å². The molecule has 1 amide bonds. The van der Waals surface area contributed by atoms with E-state index in [0.717, 1.165) is 12.8 Å². The third-order valence-corrected chi connectivity index (χ3v) is 2.95. The van der Waals surface area contributed by atoms with Gasteiger partial charge in [-0.1, -0.05) is 0 Å². The molecule has 6 nitrogen and oxygen atoms in total. The Morgan fingerprint density at radius 3 is 3.19 bits per heavy atom. The van der Waals surface area contributed by atoms with Crippen LogP contribution in [0.15, 0.2) is 6.20 Å². The molecule has 4 N–H and O–H groups in total. The highest BCUT2D eigenvalue weighted by molar-refractivity contribution is 5.97. The number of nitrogens with one attached hydrogen (secondary N) is 1. The zero-order chi connectivity index (χ0) is 11.5. The second-order valence-electron chi connectivity index (χ2n) is 4.14. The molecule has 1 atom stereocenters. The summed E-state index contributed by atoms with van der Waals surface area (Å²) in [6.07, 6.45) is 3.32. The first-order chi connectivity index (χ1) is 7.72. The smallest absolute Gasteiger partial charge is 0.274 e. The Hall–Kier alpha value is -1.56. The first-order valence-electron chi connectivity index (χ1n) is 5.41. The SMILES string of the molecule is Nc1cn[nH]c1C(=O)N1CCCC(CO)C1. The van der Waals surface area contributed by atoms with Crippen molar-refractivity contribution in [2.75, 3.05) is 25.4 Å². The Morgan fingerprint density at radius 1 is 1.75 bits per heavy atom. The Labute approximate surface area is 93.4 Å². The molecule has 6 heteroatoms. The van der Waals surface area contributed by atoms with Gasteiger partial charge in [0.05, 0.1) is 11.9 Å². The van der Waals surface area contributed by atoms with Gasteiger partial charge < -0.3 is 15.7 Å². The van der Waals surface area contributed by atoms with Gasteiger partial charge in [-0.25, -0.2) is 0 Å². The van der Waals surface area contributed by atoms with E-state index in [9.17, 15) is 4.79 Å². The van der Waals surface area contributed by atoms with Gasteiger partial charge in [-0.2, -0.15) is 5.10 Å². The van der Waals surface area contributed by atoms with Gasteiger partial charge in [-0.05, 0) is 18.8 Å². The van der Waals surface area contributed by atoms with Crippen molar-refractivity contribution in [3.8, 4) is 0 Å². The summed E-state index contributed by atoms with van der Waals surface area (Å²) in [7, 11) is 0. The number of nitrogen functional groups attached to an aromatic ring is 1. The minimum absolute atomic E-state index is 0.127. The maximum Gasteiger partial charge on any atom is 0.274 e. The van der Waals surface area contributed by atoms with Gasteiger partial charge >= 0.3 is 0 Å². The molecule has 16 heavy (non-hydrogen) atoms. The van der Waals surface area contributed by atoms with Gasteiger partial charge in [-0.15, -0.1) is 0 Å². The van der Waals surface area contributed by atoms with E-state index in [1.807, 2.05) is 0 Å². The van der Waals surface area contributed by atoms with E-state index >= 15 is 0 Å². The number of piperidine rings is 1. The number of aromatic amines is 1. The molecule has 0 aromatic carbocycles. The summed E-state index contributed by atoms with van der Waals surface area (Å²) in [4.78, 5) is 13.8. The minimum atomic E-state index is -0.131. The second kappa shape index (κ2) is 4.52. The normalized spacial score (nSPS) is 21.1. The maximum absolute atomic E-state index is 12.0. The molecular formula is C10H16N4O2. The van der Waals surface area contributed by atoms with Crippen LogP contribution in [0.2, 0.25) is 0 Å². The van der Waals surface area contributed by atoms with Gasteiger partial charge in [-0.3, -0.25) is 9.89 Å². The van der Waals surface area contributed by atoms with Crippen molar-refractivity contribution in [2.45, 2.75) is 12.8 Å². The summed E-state index contributed by atoms with van der Waals surface area (Å²) in [5.41, 5.74) is 6.34. The summed E-state index contributed by atoms with van der Waals surface area (Å²) >= 11 is 0. The van der Waals surface area contributed by atoms with E-state index in [-0.39, 0.29) is 18.4 Å². The first kappa shape index (κ1) is 10.9. The number of hydrogen-bond donors (Lipinski definition) is 3. The number of aromatic nitrogens is 2. The lowest BCUT2D eigenvalue weighted by Gasteiger charge is -2.31. The zero-order valence-electron chi connectivity index (χ0n) is 9.02. The van der Waals surface area contributed by atoms with Crippen LogP contribution in [0.1, 0.15) is 23.3 Å². The number of amides is 1. The van der Waals surface area contributed by atoms with Crippen molar-refractivity contribution >= 4 is 11.6 Å². The van der Waals surface area contributed by atoms with Crippen LogP contribution >= 0.6 is 0 Å². The van der Waals surface area contributed by atoms with Crippen LogP contribution in [-0.4, -0.2) is 45.8 Å². The molecule has 0 saturated carbocycles. The third-order valence-electron chi connectivity index (χ3n) is 2.95. The number of carbonyl (C=O) groups is 1. The molecule has 1 saturated heterocycles. The predicted molar refractivity (Wildman–Crippen MR) is 58.7 cm³/mol. The Morgan fingerprint density at radius 2 is 2.56 bits per heavy atom. The lowest BCUT2D eigenvalue weighted by molar-refractivity contribution is 0.0616. The number of hydrogen-bond acceptors (Lipinski definition) is 4. The van der Waals surface area contributed by atoms with Crippen LogP contribution in [-0.2, 0) is 0 Å². The highest BCUT2D eigenvalue weighted by Crippen LogP contribution is 2.19. The molecule has 0 spiro atoms. The largest absolute Gasteiger partial charge is 0.396 e. The van der Waals surface area contributed by atoms with Crippen molar-refractivity contribution in [3.63, 3.8) is 0 Å². The maximum atomic E-state index is 12.0. The van der Waals surface area contributed by atoms with Gasteiger partial charge in [0.2, 0.25) is 0 Å². The number of anilines is 1. The summed E-state index contributed by atoms with van der Waals surface area (Å²) in [6, 6.07) is 0. The second-order valence-corrected chi connectivity index (χ2v) is 4.14. The number of nitrogens with zero attached hydrogens (tertiary/aromatic N) is 2. The van der Waals surface area contributed by atoms with E-state index in [4.69, 9.17) is 10.8 Å². The topological polar surface area (TPSA) is 95.2 Å². The van der Waals surface area contributed by atoms with Crippen LogP contribution in [0.4, 0.5) is 5.69 Å². The molecule has 0 bridgehead atoms. The predicted octanol–water partition coefficient (Wildman–Crippen LogP) is -0.164. The number of nitrogens with two attached hydrogens (primary N) is 1. The summed E-state index contributed by atoms with van der Waals surface area (Å²) in [5.74, 6) is 0.0509. The molecule has 0 aliphatic carbocycles. The average Bonchev–Trinajstić information content (AvgIpc) is 2.74. The number of carbonyl (C=O) groups excluding carboxylic acids is 1. The number of H-pyrrole nitrogens is 1. The van der Waals surface area contributed by atoms with Crippen molar-refractivity contribution in [2.24, 2.45) is 5.92 Å². The van der Waals surface area contributed by atoms with Gasteiger partial charge in [0.25, 0.3) is 5.91 Å². The molecule has 1 unspecified atom stereocenters. The molecule has 88 valence electrons. The highest BCUT2D eigenvalue weighted by atomic mass is 16.3. The van der Waals surface area contributed by atoms with Crippen LogP contribution in [0.5, 0.6) is 0 Å². The molecule has 1 aromatic heterocycles. The average molecular weight is 224 g/mol. The number of aliphatic hydroxyl groups is 1. The van der Waals surface area contributed by atoms with Crippen molar-refractivity contribution in [1.82, 2.24) is 15.1 Å². The summed E-state index contributed by atoms with van der Waals surface area (Å²) in [5, 5.41) is 15.4. The molecule has 2 rings (SSSR count). The summed E-state index contributed by atoms with van der Waals surface area (Å²) in [6.45, 7) is 1.43. The van der Waals surface area contributed by atoms with Gasteiger partial charge in [0, 0.05) is 19.7 Å². The number of aliphatic hydroxyl groups excluding tert-OH is 1. The Balaban J connectivity index is 2.07. The summed E-state index contributed by atoms with van der Waals surface area (Å²) < 4.78 is 0. The van der Waals surface area contributed by atoms with E-state index in [0.29, 0.717) is 24.5 Å². The third kappa shape index (κ3) is 2.01. The number of likely N-dealkylation sites (tertiary alicyclic amines) is 1. The highest BCUT2D eigenvalue weighted by Gasteiger charge is 2.25. The molecule has 1 aliphatic rings. The lowest BCUT2D eigenvalue weighted by atomic mass is 9.99. The van der Waals surface area contributed by atoms with Crippen LogP contribution in [0.3, 0.4) is 0 Å². The van der Waals surface area contributed by atoms with E-state index in [1.54, 1.807) is 4.90 Å². The molecule has 2 heterocycles. The fraction of sp³-hybridized carbons (Fsp3) is 0.600. The van der Waals surface area contributed by atoms with Crippen molar-refractivity contribution < 1.29 is 9.90 Å². The quantitative estimate of drug-likeness (QED) is 0.650. The monoisotopic (exact) mass is 224 g/mol. The van der Waals surface area contributed by atoms with Crippen molar-refractivity contribution in [1.29, 1.82) is 0 Å². The van der Waals surface area contributed by atoms with E-state index in [1.165, 1.54) is 6.20 Å². The fourth-order valence-electron chi connectivity index (χ4n) is 2.02. The molecule has 1 aliphatic heterocycles. The fourth-order valence-corrected chi connectivity index (χ4v) is 2.02. The standard InChI is InChI=1S/C10H16N4O2/c11-8-4-12-13-9(8)10(16)14-3-1-2-7(5-14)6-15/h4,7,15H,1-3,5-6,11H2,(H,12,13). The lowest BCUT2D eigenvalue weighted by Crippen LogP contribution is -2.41. The Bertz CT molecular complexity index is 377. The van der Waals surface area contributed by atoms with Gasteiger partial charge in [0.1, 0.15) is 5.69 Å². The zero-order valence-corrected chi connectivity index (χ0v) is 9.02. The molecule has 0 radical (unpaired) electrons. The minimum Gasteiger partial charge on any atom is -0.396 e. The number of rotatable bonds is 2. The van der Waals surface area contributed by atoms with Crippen LogP contribution < -0.4 is 5.73 Å². The molecule has 1 aromatic rings. The van der Waals surface area contributed by atoms with Crippen molar-refractivity contribution in [3.05, 3.63) is 11.9 Å². The molecular weight excluding hydrogens is 208 g/mol. The van der Waals surface area contributed by atoms with Crippen LogP contribution in [0, 0.1) is 5.92 Å². The van der Waals surface area contributed by atoms with Gasteiger partial charge in [0.15, 0.2) is 0 Å².